The molecule has 1 aliphatic rings. The third-order valence-corrected chi connectivity index (χ3v) is 7.54. The molecular formula is C31H25ClF2N4O4. The highest BCUT2D eigenvalue weighted by Gasteiger charge is 2.28. The van der Waals surface area contributed by atoms with Crippen LogP contribution in [-0.4, -0.2) is 53.8 Å². The Morgan fingerprint density at radius 3 is 2.60 bits per heavy atom. The number of pyridine rings is 1. The lowest BCUT2D eigenvalue weighted by Gasteiger charge is -2.35. The van der Waals surface area contributed by atoms with Gasteiger partial charge in [0, 0.05) is 52.4 Å². The van der Waals surface area contributed by atoms with Crippen LogP contribution in [0.15, 0.2) is 60.8 Å². The number of benzene rings is 3. The third-order valence-electron chi connectivity index (χ3n) is 7.23. The highest BCUT2D eigenvalue weighted by molar-refractivity contribution is 6.33. The minimum Gasteiger partial charge on any atom is -0.480 e. The van der Waals surface area contributed by atoms with Crippen molar-refractivity contribution in [2.24, 2.45) is 0 Å². The van der Waals surface area contributed by atoms with Crippen molar-refractivity contribution in [3.8, 4) is 17.2 Å². The summed E-state index contributed by atoms with van der Waals surface area (Å²) < 4.78 is 35.5. The van der Waals surface area contributed by atoms with Crippen LogP contribution in [0.5, 0.6) is 0 Å². The van der Waals surface area contributed by atoms with Crippen molar-refractivity contribution in [2.75, 3.05) is 24.7 Å². The van der Waals surface area contributed by atoms with Gasteiger partial charge in [-0.3, -0.25) is 9.78 Å². The van der Waals surface area contributed by atoms with Crippen LogP contribution in [0.4, 0.5) is 14.5 Å². The number of nitrogens with zero attached hydrogens (tertiary/aromatic N) is 3. The second-order valence-corrected chi connectivity index (χ2v) is 10.4. The van der Waals surface area contributed by atoms with Crippen molar-refractivity contribution in [1.29, 1.82) is 5.26 Å². The lowest BCUT2D eigenvalue weighted by molar-refractivity contribution is -0.139. The predicted molar refractivity (Wildman–Crippen MR) is 153 cm³/mol. The van der Waals surface area contributed by atoms with Crippen LogP contribution in [0.3, 0.4) is 0 Å². The van der Waals surface area contributed by atoms with Gasteiger partial charge in [0.2, 0.25) is 0 Å². The molecule has 0 aliphatic carbocycles. The highest BCUT2D eigenvalue weighted by Crippen LogP contribution is 2.35. The number of carboxylic acids is 1. The van der Waals surface area contributed by atoms with E-state index in [-0.39, 0.29) is 18.2 Å². The Morgan fingerprint density at radius 1 is 1.19 bits per heavy atom. The average Bonchev–Trinajstić information content (AvgIpc) is 2.97. The lowest BCUT2D eigenvalue weighted by atomic mass is 9.94. The summed E-state index contributed by atoms with van der Waals surface area (Å²) in [6, 6.07) is 14.3. The van der Waals surface area contributed by atoms with E-state index in [0.717, 1.165) is 12.1 Å². The van der Waals surface area contributed by atoms with Crippen molar-refractivity contribution < 1.29 is 28.2 Å². The quantitative estimate of drug-likeness (QED) is 0.298. The number of morpholine rings is 1. The molecule has 2 heterocycles. The average molecular weight is 591 g/mol. The molecule has 214 valence electrons. The Morgan fingerprint density at radius 2 is 1.93 bits per heavy atom. The normalized spacial score (nSPS) is 15.7. The number of aliphatic carboxylic acids is 1. The number of amides is 1. The Kier molecular flexibility index (Phi) is 8.34. The number of nitrogens with one attached hydrogen (secondary N) is 1. The van der Waals surface area contributed by atoms with E-state index in [1.54, 1.807) is 53.6 Å². The van der Waals surface area contributed by atoms with Crippen LogP contribution in [0.1, 0.15) is 28.4 Å². The van der Waals surface area contributed by atoms with Gasteiger partial charge in [-0.25, -0.2) is 13.6 Å². The topological polar surface area (TPSA) is 116 Å². The van der Waals surface area contributed by atoms with E-state index in [9.17, 15) is 14.7 Å². The SMILES string of the molecule is CC1COCCN1c1cc(F)c(C(=O)N[C@@H](Cc2ccc(-c3ccc(C#N)cc3Cl)c3ncccc23)C(=O)O)c(F)c1. The van der Waals surface area contributed by atoms with Gasteiger partial charge < -0.3 is 20.1 Å². The van der Waals surface area contributed by atoms with Gasteiger partial charge in [-0.2, -0.15) is 5.26 Å². The smallest absolute Gasteiger partial charge is 0.326 e. The van der Waals surface area contributed by atoms with Crippen LogP contribution in [-0.2, 0) is 16.0 Å². The number of nitriles is 1. The van der Waals surface area contributed by atoms with Gasteiger partial charge in [0.1, 0.15) is 23.2 Å². The van der Waals surface area contributed by atoms with E-state index in [1.807, 2.05) is 13.0 Å². The molecule has 1 aliphatic heterocycles. The summed E-state index contributed by atoms with van der Waals surface area (Å²) in [6.45, 7) is 3.10. The standard InChI is InChI=1S/C31H25ClF2N4O4/c1-17-16-42-10-9-38(17)20-13-25(33)28(26(34)14-20)30(39)37-27(31(40)41)12-19-5-7-23(29-21(19)3-2-8-36-29)22-6-4-18(15-35)11-24(22)32/h2-8,11,13-14,17,27H,9-10,12,16H2,1H3,(H,37,39)(H,40,41)/t17?,27-/m0/s1. The maximum atomic E-state index is 15.1. The second-order valence-electron chi connectivity index (χ2n) is 9.95. The highest BCUT2D eigenvalue weighted by atomic mass is 35.5. The van der Waals surface area contributed by atoms with Gasteiger partial charge in [-0.1, -0.05) is 35.9 Å². The Labute approximate surface area is 245 Å². The number of rotatable bonds is 7. The van der Waals surface area contributed by atoms with Crippen molar-refractivity contribution in [2.45, 2.75) is 25.4 Å². The monoisotopic (exact) mass is 590 g/mol. The number of carbonyl (C=O) groups is 2. The number of halogens is 3. The van der Waals surface area contributed by atoms with Gasteiger partial charge in [0.15, 0.2) is 0 Å². The van der Waals surface area contributed by atoms with Gasteiger partial charge in [-0.15, -0.1) is 0 Å². The third kappa shape index (κ3) is 5.75. The van der Waals surface area contributed by atoms with Crippen molar-refractivity contribution in [1.82, 2.24) is 10.3 Å². The van der Waals surface area contributed by atoms with Gasteiger partial charge in [0.25, 0.3) is 5.91 Å². The lowest BCUT2D eigenvalue weighted by Crippen LogP contribution is -2.44. The number of fused-ring (bicyclic) bond motifs is 1. The minimum absolute atomic E-state index is 0.114. The van der Waals surface area contributed by atoms with Crippen molar-refractivity contribution >= 4 is 40.1 Å². The summed E-state index contributed by atoms with van der Waals surface area (Å²) >= 11 is 6.44. The van der Waals surface area contributed by atoms with Crippen LogP contribution in [0.25, 0.3) is 22.0 Å². The molecule has 2 N–H and O–H groups in total. The summed E-state index contributed by atoms with van der Waals surface area (Å²) in [5.41, 5.74) is 2.18. The molecular weight excluding hydrogens is 566 g/mol. The molecule has 1 amide bonds. The van der Waals surface area contributed by atoms with Crippen LogP contribution < -0.4 is 10.2 Å². The van der Waals surface area contributed by atoms with E-state index in [2.05, 4.69) is 10.3 Å². The largest absolute Gasteiger partial charge is 0.480 e. The molecule has 1 saturated heterocycles. The number of hydrogen-bond donors (Lipinski definition) is 2. The first kappa shape index (κ1) is 28.9. The van der Waals surface area contributed by atoms with Crippen molar-refractivity contribution in [3.63, 3.8) is 0 Å². The molecule has 4 aromatic rings. The fourth-order valence-corrected chi connectivity index (χ4v) is 5.42. The molecule has 1 unspecified atom stereocenters. The van der Waals surface area contributed by atoms with Gasteiger partial charge in [-0.05, 0) is 42.8 Å². The summed E-state index contributed by atoms with van der Waals surface area (Å²) in [5, 5.41) is 22.3. The number of aromatic nitrogens is 1. The molecule has 42 heavy (non-hydrogen) atoms. The first-order valence-electron chi connectivity index (χ1n) is 13.1. The predicted octanol–water partition coefficient (Wildman–Crippen LogP) is 5.36. The summed E-state index contributed by atoms with van der Waals surface area (Å²) in [6.07, 6.45) is 1.40. The van der Waals surface area contributed by atoms with Crippen LogP contribution in [0.2, 0.25) is 5.02 Å². The maximum absolute atomic E-state index is 15.1. The molecule has 0 spiro atoms. The second kappa shape index (κ2) is 12.1. The molecule has 8 nitrogen and oxygen atoms in total. The number of ether oxygens (including phenoxy) is 1. The summed E-state index contributed by atoms with van der Waals surface area (Å²) in [7, 11) is 0. The van der Waals surface area contributed by atoms with Gasteiger partial charge >= 0.3 is 5.97 Å². The fraction of sp³-hybridized carbons (Fsp3) is 0.226. The van der Waals surface area contributed by atoms with E-state index in [0.29, 0.717) is 57.9 Å². The van der Waals surface area contributed by atoms with E-state index in [4.69, 9.17) is 21.6 Å². The Balaban J connectivity index is 1.43. The first-order valence-corrected chi connectivity index (χ1v) is 13.5. The summed E-state index contributed by atoms with van der Waals surface area (Å²) in [5.74, 6) is -4.74. The van der Waals surface area contributed by atoms with E-state index < -0.39 is 35.1 Å². The van der Waals surface area contributed by atoms with Crippen LogP contribution >= 0.6 is 11.6 Å². The number of carbonyl (C=O) groups excluding carboxylic acids is 1. The molecule has 0 radical (unpaired) electrons. The zero-order chi connectivity index (χ0) is 30.0. The minimum atomic E-state index is -1.50. The molecule has 2 atom stereocenters. The molecule has 11 heteroatoms. The molecule has 1 fully saturated rings. The molecule has 5 rings (SSSR count). The van der Waals surface area contributed by atoms with E-state index in [1.165, 1.54) is 0 Å². The Bertz CT molecular complexity index is 1720. The number of hydrogen-bond acceptors (Lipinski definition) is 6. The van der Waals surface area contributed by atoms with Crippen molar-refractivity contribution in [3.05, 3.63) is 94.1 Å². The zero-order valence-corrected chi connectivity index (χ0v) is 23.2. The Hall–Kier alpha value is -4.59. The molecule has 1 aromatic heterocycles. The fourth-order valence-electron chi connectivity index (χ4n) is 5.13. The molecule has 3 aromatic carbocycles. The number of anilines is 1. The maximum Gasteiger partial charge on any atom is 0.326 e. The molecule has 0 saturated carbocycles. The number of carboxylic acid groups (broad SMARTS) is 1. The zero-order valence-electron chi connectivity index (χ0n) is 22.4. The first-order chi connectivity index (χ1) is 20.2. The van der Waals surface area contributed by atoms with Crippen LogP contribution in [0, 0.1) is 23.0 Å². The van der Waals surface area contributed by atoms with Gasteiger partial charge in [0.05, 0.1) is 30.4 Å². The summed E-state index contributed by atoms with van der Waals surface area (Å²) in [4.78, 5) is 31.4. The molecule has 0 bridgehead atoms. The van der Waals surface area contributed by atoms with E-state index >= 15 is 8.78 Å².